The van der Waals surface area contributed by atoms with E-state index >= 15 is 0 Å². The van der Waals surface area contributed by atoms with Gasteiger partial charge in [0, 0.05) is 5.69 Å². The van der Waals surface area contributed by atoms with E-state index < -0.39 is 11.9 Å². The highest BCUT2D eigenvalue weighted by atomic mass is 35.5. The highest BCUT2D eigenvalue weighted by molar-refractivity contribution is 6.32. The van der Waals surface area contributed by atoms with Crippen molar-refractivity contribution in [3.63, 3.8) is 0 Å². The Hall–Kier alpha value is -4.28. The molecule has 0 aliphatic rings. The molecule has 33 heavy (non-hydrogen) atoms. The Morgan fingerprint density at radius 2 is 1.88 bits per heavy atom. The largest absolute Gasteiger partial charge is 0.493 e. The number of benzene rings is 3. The number of carbonyl (C=O) groups is 2. The zero-order chi connectivity index (χ0) is 23.8. The summed E-state index contributed by atoms with van der Waals surface area (Å²) in [5, 5.41) is 21.3. The minimum Gasteiger partial charge on any atom is -0.493 e. The summed E-state index contributed by atoms with van der Waals surface area (Å²) in [6.07, 6.45) is 1.35. The zero-order valence-electron chi connectivity index (χ0n) is 17.5. The lowest BCUT2D eigenvalue weighted by Crippen LogP contribution is -2.14. The van der Waals surface area contributed by atoms with Crippen LogP contribution in [0.25, 0.3) is 6.08 Å². The Labute approximate surface area is 195 Å². The van der Waals surface area contributed by atoms with Gasteiger partial charge in [0.2, 0.25) is 0 Å². The lowest BCUT2D eigenvalue weighted by atomic mass is 10.1. The SMILES string of the molecule is COc1cc(C=C(C#N)C(=O)Nc2cccc(C(=O)O)c2)cc(Cl)c1OCc1ccccc1. The van der Waals surface area contributed by atoms with Gasteiger partial charge >= 0.3 is 5.97 Å². The Bertz CT molecular complexity index is 1250. The molecule has 0 saturated heterocycles. The van der Waals surface area contributed by atoms with Gasteiger partial charge in [-0.2, -0.15) is 5.26 Å². The molecule has 166 valence electrons. The van der Waals surface area contributed by atoms with Gasteiger partial charge in [0.1, 0.15) is 18.2 Å². The van der Waals surface area contributed by atoms with E-state index in [1.807, 2.05) is 36.4 Å². The van der Waals surface area contributed by atoms with Gasteiger partial charge in [-0.3, -0.25) is 4.79 Å². The number of hydrogen-bond acceptors (Lipinski definition) is 5. The van der Waals surface area contributed by atoms with Crippen LogP contribution in [0.15, 0.2) is 72.3 Å². The van der Waals surface area contributed by atoms with Crippen molar-refractivity contribution >= 4 is 35.2 Å². The Balaban J connectivity index is 1.82. The molecule has 0 fully saturated rings. The first-order valence-electron chi connectivity index (χ1n) is 9.72. The van der Waals surface area contributed by atoms with Crippen LogP contribution in [0.1, 0.15) is 21.5 Å². The maximum atomic E-state index is 12.6. The summed E-state index contributed by atoms with van der Waals surface area (Å²) in [5.41, 5.74) is 1.47. The van der Waals surface area contributed by atoms with Gasteiger partial charge < -0.3 is 19.9 Å². The molecule has 0 aliphatic heterocycles. The van der Waals surface area contributed by atoms with Gasteiger partial charge in [0.25, 0.3) is 5.91 Å². The number of amides is 1. The molecular formula is C25H19ClN2O5. The van der Waals surface area contributed by atoms with Crippen molar-refractivity contribution in [3.8, 4) is 17.6 Å². The zero-order valence-corrected chi connectivity index (χ0v) is 18.3. The molecule has 0 spiro atoms. The number of carbonyl (C=O) groups excluding carboxylic acids is 1. The summed E-state index contributed by atoms with van der Waals surface area (Å²) in [4.78, 5) is 23.7. The van der Waals surface area contributed by atoms with Crippen LogP contribution in [-0.2, 0) is 11.4 Å². The third kappa shape index (κ3) is 6.12. The van der Waals surface area contributed by atoms with Crippen molar-refractivity contribution in [1.82, 2.24) is 0 Å². The van der Waals surface area contributed by atoms with Crippen molar-refractivity contribution in [3.05, 3.63) is 94.0 Å². The summed E-state index contributed by atoms with van der Waals surface area (Å²) in [6, 6.07) is 20.3. The van der Waals surface area contributed by atoms with Crippen molar-refractivity contribution < 1.29 is 24.2 Å². The highest BCUT2D eigenvalue weighted by Crippen LogP contribution is 2.37. The molecule has 3 rings (SSSR count). The van der Waals surface area contributed by atoms with Crippen molar-refractivity contribution in [2.45, 2.75) is 6.61 Å². The molecule has 2 N–H and O–H groups in total. The van der Waals surface area contributed by atoms with Crippen molar-refractivity contribution in [2.75, 3.05) is 12.4 Å². The van der Waals surface area contributed by atoms with E-state index in [1.165, 1.54) is 37.5 Å². The monoisotopic (exact) mass is 462 g/mol. The third-order valence-corrected chi connectivity index (χ3v) is 4.80. The van der Waals surface area contributed by atoms with E-state index in [4.69, 9.17) is 26.2 Å². The number of anilines is 1. The molecule has 0 heterocycles. The van der Waals surface area contributed by atoms with Crippen LogP contribution in [0.4, 0.5) is 5.69 Å². The van der Waals surface area contributed by atoms with E-state index in [1.54, 1.807) is 12.1 Å². The molecule has 1 amide bonds. The summed E-state index contributed by atoms with van der Waals surface area (Å²) < 4.78 is 11.2. The first-order valence-corrected chi connectivity index (χ1v) is 10.1. The number of ether oxygens (including phenoxy) is 2. The predicted molar refractivity (Wildman–Crippen MR) is 124 cm³/mol. The number of hydrogen-bond donors (Lipinski definition) is 2. The van der Waals surface area contributed by atoms with Gasteiger partial charge in [0.15, 0.2) is 11.5 Å². The maximum Gasteiger partial charge on any atom is 0.335 e. The second-order valence-corrected chi connectivity index (χ2v) is 7.23. The number of aromatic carboxylic acids is 1. The molecule has 0 radical (unpaired) electrons. The van der Waals surface area contributed by atoms with Crippen LogP contribution in [0.3, 0.4) is 0 Å². The molecule has 0 bridgehead atoms. The number of nitrogens with zero attached hydrogens (tertiary/aromatic N) is 1. The summed E-state index contributed by atoms with van der Waals surface area (Å²) in [7, 11) is 1.46. The number of nitrogens with one attached hydrogen (secondary N) is 1. The van der Waals surface area contributed by atoms with Gasteiger partial charge in [-0.05, 0) is 47.5 Å². The number of carboxylic acid groups (broad SMARTS) is 1. The van der Waals surface area contributed by atoms with Crippen molar-refractivity contribution in [1.29, 1.82) is 5.26 Å². The number of carboxylic acids is 1. The van der Waals surface area contributed by atoms with Gasteiger partial charge in [0.05, 0.1) is 17.7 Å². The van der Waals surface area contributed by atoms with Crippen LogP contribution in [0.2, 0.25) is 5.02 Å². The molecule has 0 saturated carbocycles. The van der Waals surface area contributed by atoms with Gasteiger partial charge in [-0.1, -0.05) is 48.0 Å². The standard InChI is InChI=1S/C25H19ClN2O5/c1-32-22-12-17(11-21(26)23(22)33-15-16-6-3-2-4-7-16)10-19(14-27)24(29)28-20-9-5-8-18(13-20)25(30)31/h2-13H,15H2,1H3,(H,28,29)(H,30,31). The van der Waals surface area contributed by atoms with E-state index in [0.717, 1.165) is 5.56 Å². The van der Waals surface area contributed by atoms with E-state index in [9.17, 15) is 14.9 Å². The van der Waals surface area contributed by atoms with Gasteiger partial charge in [-0.25, -0.2) is 4.79 Å². The van der Waals surface area contributed by atoms with Crippen LogP contribution in [-0.4, -0.2) is 24.1 Å². The van der Waals surface area contributed by atoms with Crippen molar-refractivity contribution in [2.24, 2.45) is 0 Å². The highest BCUT2D eigenvalue weighted by Gasteiger charge is 2.15. The third-order valence-electron chi connectivity index (χ3n) is 4.52. The van der Waals surface area contributed by atoms with Crippen LogP contribution in [0.5, 0.6) is 11.5 Å². The summed E-state index contributed by atoms with van der Waals surface area (Å²) in [6.45, 7) is 0.285. The quantitative estimate of drug-likeness (QED) is 0.353. The van der Waals surface area contributed by atoms with Crippen LogP contribution < -0.4 is 14.8 Å². The molecule has 8 heteroatoms. The first-order chi connectivity index (χ1) is 15.9. The molecule has 0 aliphatic carbocycles. The smallest absolute Gasteiger partial charge is 0.335 e. The van der Waals surface area contributed by atoms with Crippen LogP contribution >= 0.6 is 11.6 Å². The van der Waals surface area contributed by atoms with E-state index in [0.29, 0.717) is 17.1 Å². The molecule has 3 aromatic carbocycles. The normalized spacial score (nSPS) is 10.8. The summed E-state index contributed by atoms with van der Waals surface area (Å²) >= 11 is 6.39. The molecule has 0 atom stereocenters. The minimum atomic E-state index is -1.13. The van der Waals surface area contributed by atoms with E-state index in [2.05, 4.69) is 5.32 Å². The second kappa shape index (κ2) is 10.8. The van der Waals surface area contributed by atoms with Crippen LogP contribution in [0, 0.1) is 11.3 Å². The molecule has 3 aromatic rings. The Kier molecular flexibility index (Phi) is 7.68. The van der Waals surface area contributed by atoms with E-state index in [-0.39, 0.29) is 28.5 Å². The average Bonchev–Trinajstić information content (AvgIpc) is 2.82. The topological polar surface area (TPSA) is 109 Å². The fraction of sp³-hybridized carbons (Fsp3) is 0.0800. The Morgan fingerprint density at radius 3 is 2.55 bits per heavy atom. The lowest BCUT2D eigenvalue weighted by molar-refractivity contribution is -0.112. The number of methoxy groups -OCH3 is 1. The number of rotatable bonds is 8. The average molecular weight is 463 g/mol. The first kappa shape index (κ1) is 23.4. The molecule has 0 aromatic heterocycles. The number of nitriles is 1. The van der Waals surface area contributed by atoms with Gasteiger partial charge in [-0.15, -0.1) is 0 Å². The fourth-order valence-corrected chi connectivity index (χ4v) is 3.21. The molecular weight excluding hydrogens is 444 g/mol. The fourth-order valence-electron chi connectivity index (χ4n) is 2.94. The number of halogens is 1. The second-order valence-electron chi connectivity index (χ2n) is 6.82. The summed E-state index contributed by atoms with van der Waals surface area (Å²) in [5.74, 6) is -1.14. The lowest BCUT2D eigenvalue weighted by Gasteiger charge is -2.13. The maximum absolute atomic E-state index is 12.6. The Morgan fingerprint density at radius 1 is 1.12 bits per heavy atom. The molecule has 7 nitrogen and oxygen atoms in total. The predicted octanol–water partition coefficient (Wildman–Crippen LogP) is 5.17. The molecule has 0 unspecified atom stereocenters. The minimum absolute atomic E-state index is 0.0119.